The smallest absolute Gasteiger partial charge is 0.269 e. The van der Waals surface area contributed by atoms with Gasteiger partial charge in [-0.1, -0.05) is 48.2 Å². The standard InChI is InChI=1S/C29H23N3O5S2/c1-16-6-4-8-21(18(16)3)37-26-20(27(33)31-11-5-7-17(2)25(31)30-26)13-24-28(34)32(29(38)39-24)14-19-9-10-22-23(12-19)36-15-35-22/h4-13H,14-15H2,1-3H3/b24-13+. The lowest BCUT2D eigenvalue weighted by atomic mass is 10.1. The third-order valence-electron chi connectivity index (χ3n) is 6.74. The maximum absolute atomic E-state index is 13.7. The lowest BCUT2D eigenvalue weighted by Gasteiger charge is -2.15. The van der Waals surface area contributed by atoms with Crippen molar-refractivity contribution in [2.45, 2.75) is 27.3 Å². The number of carbonyl (C=O) groups excluding carboxylic acids is 1. The Balaban J connectivity index is 1.40. The van der Waals surface area contributed by atoms with Crippen molar-refractivity contribution in [3.8, 4) is 23.1 Å². The molecule has 0 spiro atoms. The SMILES string of the molecule is Cc1cccc(Oc2nc3c(C)cccn3c(=O)c2/C=C2/SC(=S)N(Cc3ccc4c(c3)OCO4)C2=O)c1C. The van der Waals surface area contributed by atoms with Crippen molar-refractivity contribution in [2.24, 2.45) is 0 Å². The van der Waals surface area contributed by atoms with E-state index in [1.165, 1.54) is 15.4 Å². The predicted molar refractivity (Wildman–Crippen MR) is 153 cm³/mol. The summed E-state index contributed by atoms with van der Waals surface area (Å²) in [4.78, 5) is 33.7. The fourth-order valence-electron chi connectivity index (χ4n) is 4.42. The molecule has 4 aromatic rings. The molecule has 0 radical (unpaired) electrons. The van der Waals surface area contributed by atoms with Crippen molar-refractivity contribution in [3.63, 3.8) is 0 Å². The van der Waals surface area contributed by atoms with Gasteiger partial charge in [0.2, 0.25) is 12.7 Å². The van der Waals surface area contributed by atoms with E-state index in [1.807, 2.05) is 63.2 Å². The summed E-state index contributed by atoms with van der Waals surface area (Å²) < 4.78 is 18.9. The molecule has 4 heterocycles. The second-order valence-electron chi connectivity index (χ2n) is 9.28. The molecule has 196 valence electrons. The molecule has 10 heteroatoms. The highest BCUT2D eigenvalue weighted by Gasteiger charge is 2.33. The summed E-state index contributed by atoms with van der Waals surface area (Å²) in [5, 5.41) is 0. The van der Waals surface area contributed by atoms with E-state index in [0.717, 1.165) is 34.0 Å². The van der Waals surface area contributed by atoms with Gasteiger partial charge >= 0.3 is 0 Å². The van der Waals surface area contributed by atoms with Gasteiger partial charge in [-0.05, 0) is 73.4 Å². The molecule has 0 unspecified atom stereocenters. The zero-order chi connectivity index (χ0) is 27.3. The molecule has 2 aromatic heterocycles. The molecule has 1 fully saturated rings. The molecule has 8 nitrogen and oxygen atoms in total. The number of carbonyl (C=O) groups is 1. The summed E-state index contributed by atoms with van der Waals surface area (Å²) in [6, 6.07) is 14.9. The molecule has 0 aliphatic carbocycles. The van der Waals surface area contributed by atoms with Crippen LogP contribution in [0.4, 0.5) is 0 Å². The second-order valence-corrected chi connectivity index (χ2v) is 11.0. The number of thioether (sulfide) groups is 1. The van der Waals surface area contributed by atoms with E-state index in [2.05, 4.69) is 0 Å². The van der Waals surface area contributed by atoms with Crippen molar-refractivity contribution in [3.05, 3.63) is 97.8 Å². The Bertz CT molecular complexity index is 1780. The maximum Gasteiger partial charge on any atom is 0.269 e. The van der Waals surface area contributed by atoms with Crippen LogP contribution in [0.1, 0.15) is 27.8 Å². The van der Waals surface area contributed by atoms with Gasteiger partial charge in [0.05, 0.1) is 11.4 Å². The Hall–Kier alpha value is -4.15. The van der Waals surface area contributed by atoms with Crippen molar-refractivity contribution in [2.75, 3.05) is 6.79 Å². The van der Waals surface area contributed by atoms with Gasteiger partial charge in [-0.3, -0.25) is 18.9 Å². The first kappa shape index (κ1) is 25.1. The fraction of sp³-hybridized carbons (Fsp3) is 0.172. The number of amides is 1. The van der Waals surface area contributed by atoms with Crippen molar-refractivity contribution in [1.29, 1.82) is 0 Å². The van der Waals surface area contributed by atoms with Crippen LogP contribution in [-0.4, -0.2) is 31.3 Å². The summed E-state index contributed by atoms with van der Waals surface area (Å²) in [5.74, 6) is 1.72. The minimum absolute atomic E-state index is 0.129. The molecule has 2 aliphatic heterocycles. The molecule has 2 aliphatic rings. The fourth-order valence-corrected chi connectivity index (χ4v) is 5.66. The van der Waals surface area contributed by atoms with E-state index in [1.54, 1.807) is 12.3 Å². The normalized spacial score (nSPS) is 15.6. The predicted octanol–water partition coefficient (Wildman–Crippen LogP) is 5.54. The zero-order valence-corrected chi connectivity index (χ0v) is 23.0. The van der Waals surface area contributed by atoms with E-state index in [-0.39, 0.29) is 36.2 Å². The van der Waals surface area contributed by atoms with E-state index in [9.17, 15) is 9.59 Å². The number of hydrogen-bond donors (Lipinski definition) is 0. The molecular formula is C29H23N3O5S2. The van der Waals surface area contributed by atoms with Crippen LogP contribution in [0.5, 0.6) is 23.1 Å². The summed E-state index contributed by atoms with van der Waals surface area (Å²) in [6.07, 6.45) is 3.19. The topological polar surface area (TPSA) is 82.4 Å². The maximum atomic E-state index is 13.7. The first-order valence-electron chi connectivity index (χ1n) is 12.2. The Labute approximate surface area is 233 Å². The lowest BCUT2D eigenvalue weighted by Crippen LogP contribution is -2.27. The summed E-state index contributed by atoms with van der Waals surface area (Å²) >= 11 is 6.69. The second kappa shape index (κ2) is 9.87. The van der Waals surface area contributed by atoms with Crippen molar-refractivity contribution >= 4 is 45.9 Å². The van der Waals surface area contributed by atoms with Crippen LogP contribution in [0.25, 0.3) is 11.7 Å². The van der Waals surface area contributed by atoms with E-state index >= 15 is 0 Å². The molecule has 1 saturated heterocycles. The molecule has 0 bridgehead atoms. The first-order chi connectivity index (χ1) is 18.8. The van der Waals surface area contributed by atoms with Gasteiger partial charge in [-0.25, -0.2) is 0 Å². The Morgan fingerprint density at radius 2 is 1.85 bits per heavy atom. The lowest BCUT2D eigenvalue weighted by molar-refractivity contribution is -0.122. The van der Waals surface area contributed by atoms with E-state index in [0.29, 0.717) is 32.1 Å². The molecule has 39 heavy (non-hydrogen) atoms. The van der Waals surface area contributed by atoms with Gasteiger partial charge in [0.1, 0.15) is 21.3 Å². The molecule has 0 saturated carbocycles. The highest BCUT2D eigenvalue weighted by atomic mass is 32.2. The molecule has 0 N–H and O–H groups in total. The average molecular weight is 558 g/mol. The highest BCUT2D eigenvalue weighted by Crippen LogP contribution is 2.37. The molecule has 0 atom stereocenters. The monoisotopic (exact) mass is 557 g/mol. The number of aryl methyl sites for hydroxylation is 2. The summed E-state index contributed by atoms with van der Waals surface area (Å²) in [7, 11) is 0. The third kappa shape index (κ3) is 4.55. The van der Waals surface area contributed by atoms with Crippen molar-refractivity contribution in [1.82, 2.24) is 14.3 Å². The molecule has 6 rings (SSSR count). The van der Waals surface area contributed by atoms with Crippen LogP contribution >= 0.6 is 24.0 Å². The Morgan fingerprint density at radius 1 is 1.05 bits per heavy atom. The largest absolute Gasteiger partial charge is 0.454 e. The minimum Gasteiger partial charge on any atom is -0.454 e. The first-order valence-corrected chi connectivity index (χ1v) is 13.4. The Kier molecular flexibility index (Phi) is 6.36. The number of fused-ring (bicyclic) bond motifs is 2. The summed E-state index contributed by atoms with van der Waals surface area (Å²) in [5.41, 5.74) is 3.96. The van der Waals surface area contributed by atoms with Gasteiger partial charge in [0.25, 0.3) is 11.5 Å². The number of pyridine rings is 1. The van der Waals surface area contributed by atoms with Crippen molar-refractivity contribution < 1.29 is 19.0 Å². The number of rotatable bonds is 5. The van der Waals surface area contributed by atoms with Gasteiger partial charge in [-0.2, -0.15) is 4.98 Å². The van der Waals surface area contributed by atoms with E-state index in [4.69, 9.17) is 31.4 Å². The van der Waals surface area contributed by atoms with Gasteiger partial charge in [-0.15, -0.1) is 0 Å². The van der Waals surface area contributed by atoms with Crippen LogP contribution in [0.15, 0.2) is 64.4 Å². The van der Waals surface area contributed by atoms with Crippen LogP contribution in [0.3, 0.4) is 0 Å². The number of aromatic nitrogens is 2. The van der Waals surface area contributed by atoms with Gasteiger partial charge in [0, 0.05) is 6.20 Å². The molecule has 2 aromatic carbocycles. The third-order valence-corrected chi connectivity index (χ3v) is 8.12. The number of thiocarbonyl (C=S) groups is 1. The number of benzene rings is 2. The minimum atomic E-state index is -0.343. The Morgan fingerprint density at radius 3 is 2.69 bits per heavy atom. The number of nitrogens with zero attached hydrogens (tertiary/aromatic N) is 3. The van der Waals surface area contributed by atoms with Crippen LogP contribution in [-0.2, 0) is 11.3 Å². The van der Waals surface area contributed by atoms with E-state index < -0.39 is 0 Å². The van der Waals surface area contributed by atoms with Crippen LogP contribution < -0.4 is 19.8 Å². The molecule has 1 amide bonds. The summed E-state index contributed by atoms with van der Waals surface area (Å²) in [6.45, 7) is 6.25. The average Bonchev–Trinajstić information content (AvgIpc) is 3.49. The highest BCUT2D eigenvalue weighted by molar-refractivity contribution is 8.26. The molecular weight excluding hydrogens is 534 g/mol. The quantitative estimate of drug-likeness (QED) is 0.234. The number of ether oxygens (including phenoxy) is 3. The van der Waals surface area contributed by atoms with Crippen LogP contribution in [0, 0.1) is 20.8 Å². The zero-order valence-electron chi connectivity index (χ0n) is 21.4. The number of hydrogen-bond acceptors (Lipinski definition) is 8. The van der Waals surface area contributed by atoms with Gasteiger partial charge < -0.3 is 14.2 Å². The van der Waals surface area contributed by atoms with Gasteiger partial charge in [0.15, 0.2) is 11.5 Å². The van der Waals surface area contributed by atoms with Crippen LogP contribution in [0.2, 0.25) is 0 Å².